The van der Waals surface area contributed by atoms with Crippen LogP contribution in [0, 0.1) is 0 Å². The first-order valence-corrected chi connectivity index (χ1v) is 13.7. The molecule has 2 unspecified atom stereocenters. The van der Waals surface area contributed by atoms with Gasteiger partial charge in [-0.1, -0.05) is 42.5 Å². The molecule has 0 aliphatic heterocycles. The van der Waals surface area contributed by atoms with Crippen LogP contribution in [0.2, 0.25) is 0 Å². The minimum absolute atomic E-state index is 0.0237. The van der Waals surface area contributed by atoms with Gasteiger partial charge < -0.3 is 25.4 Å². The number of alkyl carbamates (subject to hydrolysis) is 1. The predicted octanol–water partition coefficient (Wildman–Crippen LogP) is 5.43. The van der Waals surface area contributed by atoms with Crippen molar-refractivity contribution in [3.8, 4) is 5.75 Å². The van der Waals surface area contributed by atoms with Gasteiger partial charge in [-0.3, -0.25) is 9.59 Å². The second-order valence-corrected chi connectivity index (χ2v) is 11.1. The summed E-state index contributed by atoms with van der Waals surface area (Å²) in [5, 5.41) is 17.5. The van der Waals surface area contributed by atoms with E-state index in [1.54, 1.807) is 37.8 Å². The Morgan fingerprint density at radius 1 is 1.03 bits per heavy atom. The van der Waals surface area contributed by atoms with E-state index in [-0.39, 0.29) is 17.5 Å². The number of hydrogen-bond donors (Lipinski definition) is 4. The number of benzene rings is 3. The van der Waals surface area contributed by atoms with E-state index in [1.807, 2.05) is 42.5 Å². The van der Waals surface area contributed by atoms with Crippen LogP contribution in [0.3, 0.4) is 0 Å². The molecule has 3 aromatic rings. The van der Waals surface area contributed by atoms with Crippen LogP contribution in [0.15, 0.2) is 66.7 Å². The Balaban J connectivity index is 1.67. The third-order valence-electron chi connectivity index (χ3n) is 6.65. The van der Waals surface area contributed by atoms with Crippen molar-refractivity contribution in [3.05, 3.63) is 72.3 Å². The zero-order valence-electron chi connectivity index (χ0n) is 22.4. The van der Waals surface area contributed by atoms with Crippen molar-refractivity contribution in [3.63, 3.8) is 0 Å². The molecule has 8 nitrogen and oxygen atoms in total. The molecular formula is C30H35N3O5S. The number of thiol groups is 1. The maximum atomic E-state index is 14.0. The molecule has 0 saturated heterocycles. The minimum atomic E-state index is -1.00. The van der Waals surface area contributed by atoms with Crippen molar-refractivity contribution in [2.24, 2.45) is 0 Å². The van der Waals surface area contributed by atoms with Crippen molar-refractivity contribution in [1.82, 2.24) is 10.2 Å². The lowest BCUT2D eigenvalue weighted by Gasteiger charge is -2.43. The molecular weight excluding hydrogens is 514 g/mol. The first-order chi connectivity index (χ1) is 18.6. The van der Waals surface area contributed by atoms with E-state index in [9.17, 15) is 19.5 Å². The van der Waals surface area contributed by atoms with Crippen molar-refractivity contribution in [2.75, 3.05) is 11.1 Å². The Kier molecular flexibility index (Phi) is 8.70. The van der Waals surface area contributed by atoms with Crippen molar-refractivity contribution < 1.29 is 24.2 Å². The molecule has 3 amide bonds. The number of aromatic hydroxyl groups is 1. The number of nitrogens with one attached hydrogen (secondary N) is 2. The van der Waals surface area contributed by atoms with Crippen LogP contribution in [0.1, 0.15) is 51.6 Å². The van der Waals surface area contributed by atoms with Crippen LogP contribution >= 0.6 is 12.6 Å². The number of ether oxygens (including phenoxy) is 1. The molecule has 9 heteroatoms. The van der Waals surface area contributed by atoms with Gasteiger partial charge in [-0.05, 0) is 80.6 Å². The number of nitrogens with zero attached hydrogens (tertiary/aromatic N) is 1. The fraction of sp³-hybridized carbons (Fsp3) is 0.367. The van der Waals surface area contributed by atoms with E-state index in [1.165, 1.54) is 12.1 Å². The van der Waals surface area contributed by atoms with Gasteiger partial charge in [0.25, 0.3) is 5.91 Å². The van der Waals surface area contributed by atoms with Crippen molar-refractivity contribution in [1.29, 1.82) is 0 Å². The number of phenolic OH excluding ortho intramolecular Hbond substituents is 1. The third kappa shape index (κ3) is 7.03. The fourth-order valence-corrected chi connectivity index (χ4v) is 4.82. The minimum Gasteiger partial charge on any atom is -0.508 e. The molecule has 39 heavy (non-hydrogen) atoms. The summed E-state index contributed by atoms with van der Waals surface area (Å²) >= 11 is 4.34. The Morgan fingerprint density at radius 3 is 2.28 bits per heavy atom. The Bertz CT molecular complexity index is 1330. The average Bonchev–Trinajstić information content (AvgIpc) is 2.85. The number of carbonyl (C=O) groups excluding carboxylic acids is 3. The third-order valence-corrected chi connectivity index (χ3v) is 7.01. The Labute approximate surface area is 234 Å². The summed E-state index contributed by atoms with van der Waals surface area (Å²) in [6.45, 7) is 5.22. The highest BCUT2D eigenvalue weighted by molar-refractivity contribution is 7.80. The maximum Gasteiger partial charge on any atom is 0.408 e. The fourth-order valence-electron chi connectivity index (χ4n) is 4.57. The number of amides is 3. The molecule has 3 aromatic carbocycles. The zero-order valence-corrected chi connectivity index (χ0v) is 23.3. The summed E-state index contributed by atoms with van der Waals surface area (Å²) in [5.74, 6) is -0.747. The number of phenols is 1. The van der Waals surface area contributed by atoms with Crippen LogP contribution in [0.5, 0.6) is 5.75 Å². The smallest absolute Gasteiger partial charge is 0.408 e. The monoisotopic (exact) mass is 549 g/mol. The number of hydrogen-bond acceptors (Lipinski definition) is 6. The topological polar surface area (TPSA) is 108 Å². The molecule has 3 N–H and O–H groups in total. The molecule has 1 aliphatic carbocycles. The summed E-state index contributed by atoms with van der Waals surface area (Å²) in [6, 6.07) is 17.5. The largest absolute Gasteiger partial charge is 0.508 e. The van der Waals surface area contributed by atoms with Crippen molar-refractivity contribution >= 4 is 47.0 Å². The highest BCUT2D eigenvalue weighted by atomic mass is 32.1. The average molecular weight is 550 g/mol. The molecule has 0 bridgehead atoms. The van der Waals surface area contributed by atoms with Gasteiger partial charge >= 0.3 is 6.09 Å². The zero-order chi connectivity index (χ0) is 28.2. The van der Waals surface area contributed by atoms with Crippen LogP contribution in [-0.2, 0) is 14.3 Å². The normalized spacial score (nSPS) is 15.1. The second kappa shape index (κ2) is 12.0. The number of fused-ring (bicyclic) bond motifs is 1. The van der Waals surface area contributed by atoms with E-state index in [4.69, 9.17) is 4.74 Å². The van der Waals surface area contributed by atoms with E-state index in [2.05, 4.69) is 23.3 Å². The molecule has 0 aromatic heterocycles. The second-order valence-electron chi connectivity index (χ2n) is 10.8. The van der Waals surface area contributed by atoms with Crippen LogP contribution in [-0.4, -0.2) is 51.4 Å². The molecule has 1 aliphatic rings. The highest BCUT2D eigenvalue weighted by Gasteiger charge is 2.41. The van der Waals surface area contributed by atoms with Gasteiger partial charge in [-0.15, -0.1) is 0 Å². The van der Waals surface area contributed by atoms with Crippen LogP contribution < -0.4 is 10.6 Å². The SMILES string of the molecule is CC(C)(C)OC(=O)NC(CS)C(=O)N(C1CCC1)C(C(=O)Nc1ccc2ccccc2c1)c1ccc(O)cc1. The van der Waals surface area contributed by atoms with E-state index in [0.717, 1.165) is 30.0 Å². The first-order valence-electron chi connectivity index (χ1n) is 13.1. The van der Waals surface area contributed by atoms with Gasteiger partial charge in [-0.25, -0.2) is 4.79 Å². The summed E-state index contributed by atoms with van der Waals surface area (Å²) in [5.41, 5.74) is 0.402. The molecule has 0 spiro atoms. The lowest BCUT2D eigenvalue weighted by atomic mass is 9.88. The molecule has 206 valence electrons. The lowest BCUT2D eigenvalue weighted by molar-refractivity contribution is -0.145. The predicted molar refractivity (Wildman–Crippen MR) is 155 cm³/mol. The number of anilines is 1. The number of carbonyl (C=O) groups is 3. The lowest BCUT2D eigenvalue weighted by Crippen LogP contribution is -2.57. The van der Waals surface area contributed by atoms with Gasteiger partial charge in [-0.2, -0.15) is 12.6 Å². The molecule has 4 rings (SSSR count). The molecule has 0 heterocycles. The van der Waals surface area contributed by atoms with E-state index in [0.29, 0.717) is 11.3 Å². The summed E-state index contributed by atoms with van der Waals surface area (Å²) in [4.78, 5) is 42.0. The number of rotatable bonds is 8. The molecule has 1 saturated carbocycles. The quantitative estimate of drug-likeness (QED) is 0.280. The maximum absolute atomic E-state index is 14.0. The standard InChI is InChI=1S/C30H35N3O5S/c1-30(2,3)38-29(37)32-25(18-39)28(36)33(23-9-6-10-23)26(20-12-15-24(34)16-13-20)27(35)31-22-14-11-19-7-4-5-8-21(19)17-22/h4-5,7-8,11-17,23,25-26,34,39H,6,9-10,18H2,1-3H3,(H,31,35)(H,32,37). The summed E-state index contributed by atoms with van der Waals surface area (Å²) < 4.78 is 5.36. The Morgan fingerprint density at radius 2 is 1.69 bits per heavy atom. The van der Waals surface area contributed by atoms with E-state index < -0.39 is 35.6 Å². The van der Waals surface area contributed by atoms with Crippen molar-refractivity contribution in [2.45, 2.75) is 63.8 Å². The van der Waals surface area contributed by atoms with Gasteiger partial charge in [0.2, 0.25) is 5.91 Å². The summed E-state index contributed by atoms with van der Waals surface area (Å²) in [6.07, 6.45) is 1.66. The molecule has 1 fully saturated rings. The summed E-state index contributed by atoms with van der Waals surface area (Å²) in [7, 11) is 0. The van der Waals surface area contributed by atoms with E-state index >= 15 is 0 Å². The molecule has 2 atom stereocenters. The van der Waals surface area contributed by atoms with Crippen LogP contribution in [0.4, 0.5) is 10.5 Å². The first kappa shape index (κ1) is 28.3. The van der Waals surface area contributed by atoms with Gasteiger partial charge in [0.05, 0.1) is 0 Å². The Hall–Kier alpha value is -3.72. The van der Waals surface area contributed by atoms with Gasteiger partial charge in [0, 0.05) is 17.5 Å². The van der Waals surface area contributed by atoms with Gasteiger partial charge in [0.15, 0.2) is 0 Å². The van der Waals surface area contributed by atoms with Crippen LogP contribution in [0.25, 0.3) is 10.8 Å². The molecule has 0 radical (unpaired) electrons. The highest BCUT2D eigenvalue weighted by Crippen LogP contribution is 2.35. The van der Waals surface area contributed by atoms with Gasteiger partial charge in [0.1, 0.15) is 23.4 Å².